The van der Waals surface area contributed by atoms with E-state index in [4.69, 9.17) is 23.2 Å². The number of rotatable bonds is 2. The fourth-order valence-corrected chi connectivity index (χ4v) is 3.20. The molecule has 5 heteroatoms. The van der Waals surface area contributed by atoms with E-state index in [9.17, 15) is 4.39 Å². The van der Waals surface area contributed by atoms with Crippen molar-refractivity contribution in [3.8, 4) is 0 Å². The van der Waals surface area contributed by atoms with Crippen LogP contribution in [-0.2, 0) is 0 Å². The molecule has 1 unspecified atom stereocenters. The van der Waals surface area contributed by atoms with E-state index in [0.717, 1.165) is 15.6 Å². The average Bonchev–Trinajstić information content (AvgIpc) is 2.36. The van der Waals surface area contributed by atoms with Gasteiger partial charge in [-0.05, 0) is 46.6 Å². The zero-order valence-electron chi connectivity index (χ0n) is 9.85. The van der Waals surface area contributed by atoms with E-state index in [1.165, 1.54) is 6.07 Å². The predicted octanol–water partition coefficient (Wildman–Crippen LogP) is 6.64. The molecule has 2 rings (SSSR count). The summed E-state index contributed by atoms with van der Waals surface area (Å²) in [6.07, 6.45) is 0. The van der Waals surface area contributed by atoms with Crippen LogP contribution in [0.4, 0.5) is 4.39 Å². The van der Waals surface area contributed by atoms with Crippen LogP contribution >= 0.6 is 55.1 Å². The number of halogens is 5. The van der Waals surface area contributed by atoms with Crippen LogP contribution in [0.2, 0.25) is 5.02 Å². The Kier molecular flexibility index (Phi) is 4.93. The molecule has 19 heavy (non-hydrogen) atoms. The molecule has 2 aromatic rings. The molecular weight excluding hydrogens is 418 g/mol. The van der Waals surface area contributed by atoms with Gasteiger partial charge in [0.1, 0.15) is 5.82 Å². The number of hydrogen-bond acceptors (Lipinski definition) is 0. The third-order valence-electron chi connectivity index (χ3n) is 2.74. The molecule has 0 aromatic heterocycles. The van der Waals surface area contributed by atoms with E-state index in [-0.39, 0.29) is 5.82 Å². The lowest BCUT2D eigenvalue weighted by atomic mass is 10.0. The summed E-state index contributed by atoms with van der Waals surface area (Å²) in [6, 6.07) is 8.67. The van der Waals surface area contributed by atoms with Gasteiger partial charge in [-0.1, -0.05) is 45.2 Å². The molecule has 100 valence electrons. The first-order chi connectivity index (χ1) is 8.90. The van der Waals surface area contributed by atoms with E-state index in [2.05, 4.69) is 31.9 Å². The molecular formula is C14H9Br2Cl2F. The Morgan fingerprint density at radius 2 is 1.74 bits per heavy atom. The average molecular weight is 427 g/mol. The summed E-state index contributed by atoms with van der Waals surface area (Å²) in [5.74, 6) is -0.385. The predicted molar refractivity (Wildman–Crippen MR) is 85.7 cm³/mol. The van der Waals surface area contributed by atoms with E-state index in [0.29, 0.717) is 15.1 Å². The van der Waals surface area contributed by atoms with Crippen molar-refractivity contribution in [2.45, 2.75) is 12.3 Å². The number of alkyl halides is 1. The van der Waals surface area contributed by atoms with E-state index < -0.39 is 5.38 Å². The minimum absolute atomic E-state index is 0.362. The Hall–Kier alpha value is -0.0900. The first-order valence-corrected chi connectivity index (χ1v) is 7.84. The largest absolute Gasteiger partial charge is 0.207 e. The first kappa shape index (κ1) is 15.3. The molecule has 0 heterocycles. The van der Waals surface area contributed by atoms with Crippen molar-refractivity contribution in [2.75, 3.05) is 0 Å². The summed E-state index contributed by atoms with van der Waals surface area (Å²) in [5.41, 5.74) is 2.24. The highest BCUT2D eigenvalue weighted by molar-refractivity contribution is 9.10. The van der Waals surface area contributed by atoms with Crippen LogP contribution in [0.15, 0.2) is 39.3 Å². The smallest absolute Gasteiger partial charge is 0.129 e. The molecule has 0 nitrogen and oxygen atoms in total. The molecule has 0 aliphatic heterocycles. The first-order valence-electron chi connectivity index (χ1n) is 5.44. The number of aryl methyl sites for hydroxylation is 1. The fourth-order valence-electron chi connectivity index (χ4n) is 1.76. The molecule has 0 spiro atoms. The maximum absolute atomic E-state index is 14.0. The van der Waals surface area contributed by atoms with Gasteiger partial charge in [0, 0.05) is 14.5 Å². The molecule has 0 bridgehead atoms. The molecule has 0 aliphatic carbocycles. The quantitative estimate of drug-likeness (QED) is 0.373. The fraction of sp³-hybridized carbons (Fsp3) is 0.143. The van der Waals surface area contributed by atoms with Crippen molar-refractivity contribution in [1.82, 2.24) is 0 Å². The second-order valence-electron chi connectivity index (χ2n) is 4.18. The van der Waals surface area contributed by atoms with Crippen LogP contribution in [0.25, 0.3) is 0 Å². The van der Waals surface area contributed by atoms with E-state index in [1.807, 2.05) is 25.1 Å². The minimum Gasteiger partial charge on any atom is -0.207 e. The van der Waals surface area contributed by atoms with Gasteiger partial charge < -0.3 is 0 Å². The third-order valence-corrected chi connectivity index (χ3v) is 5.13. The molecule has 0 saturated carbocycles. The second kappa shape index (κ2) is 6.13. The Morgan fingerprint density at radius 3 is 2.42 bits per heavy atom. The molecule has 0 radical (unpaired) electrons. The van der Waals surface area contributed by atoms with E-state index in [1.54, 1.807) is 6.07 Å². The highest BCUT2D eigenvalue weighted by Gasteiger charge is 2.19. The summed E-state index contributed by atoms with van der Waals surface area (Å²) in [6.45, 7) is 1.96. The molecule has 0 fully saturated rings. The van der Waals surface area contributed by atoms with Gasteiger partial charge >= 0.3 is 0 Å². The van der Waals surface area contributed by atoms with Gasteiger partial charge in [-0.15, -0.1) is 11.6 Å². The Labute approximate surface area is 138 Å². The summed E-state index contributed by atoms with van der Waals surface area (Å²) < 4.78 is 15.4. The second-order valence-corrected chi connectivity index (χ2v) is 6.73. The summed E-state index contributed by atoms with van der Waals surface area (Å²) in [5, 5.41) is -0.161. The summed E-state index contributed by atoms with van der Waals surface area (Å²) >= 11 is 19.0. The van der Waals surface area contributed by atoms with E-state index >= 15 is 0 Å². The molecule has 0 aliphatic rings. The molecule has 0 amide bonds. The van der Waals surface area contributed by atoms with Crippen molar-refractivity contribution in [1.29, 1.82) is 0 Å². The van der Waals surface area contributed by atoms with Gasteiger partial charge in [0.2, 0.25) is 0 Å². The molecule has 1 atom stereocenters. The van der Waals surface area contributed by atoms with Gasteiger partial charge in [-0.3, -0.25) is 0 Å². The zero-order valence-corrected chi connectivity index (χ0v) is 14.5. The van der Waals surface area contributed by atoms with Crippen molar-refractivity contribution in [3.63, 3.8) is 0 Å². The van der Waals surface area contributed by atoms with Crippen LogP contribution < -0.4 is 0 Å². The lowest BCUT2D eigenvalue weighted by molar-refractivity contribution is 0.611. The topological polar surface area (TPSA) is 0 Å². The number of benzene rings is 2. The van der Waals surface area contributed by atoms with Crippen LogP contribution in [0.5, 0.6) is 0 Å². The molecule has 0 N–H and O–H groups in total. The number of hydrogen-bond donors (Lipinski definition) is 0. The van der Waals surface area contributed by atoms with Crippen LogP contribution in [0, 0.1) is 12.7 Å². The minimum atomic E-state index is -0.597. The van der Waals surface area contributed by atoms with Crippen LogP contribution in [0.1, 0.15) is 22.1 Å². The Morgan fingerprint density at radius 1 is 1.05 bits per heavy atom. The third kappa shape index (κ3) is 3.33. The Bertz CT molecular complexity index is 629. The zero-order chi connectivity index (χ0) is 14.2. The van der Waals surface area contributed by atoms with Crippen molar-refractivity contribution in [2.24, 2.45) is 0 Å². The lowest BCUT2D eigenvalue weighted by Crippen LogP contribution is -1.99. The maximum Gasteiger partial charge on any atom is 0.129 e. The monoisotopic (exact) mass is 424 g/mol. The van der Waals surface area contributed by atoms with Crippen molar-refractivity contribution in [3.05, 3.63) is 66.8 Å². The maximum atomic E-state index is 14.0. The van der Waals surface area contributed by atoms with Crippen molar-refractivity contribution < 1.29 is 4.39 Å². The van der Waals surface area contributed by atoms with Gasteiger partial charge in [0.15, 0.2) is 0 Å². The lowest BCUT2D eigenvalue weighted by Gasteiger charge is -2.15. The Balaban J connectivity index is 2.52. The van der Waals surface area contributed by atoms with Gasteiger partial charge in [0.05, 0.1) is 10.4 Å². The highest BCUT2D eigenvalue weighted by Crippen LogP contribution is 2.38. The SMILES string of the molecule is Cc1ccc(Br)c(C(Cl)c2cc(Cl)c(Br)cc2F)c1. The van der Waals surface area contributed by atoms with Gasteiger partial charge in [0.25, 0.3) is 0 Å². The summed E-state index contributed by atoms with van der Waals surface area (Å²) in [4.78, 5) is 0. The van der Waals surface area contributed by atoms with Crippen LogP contribution in [-0.4, -0.2) is 0 Å². The normalized spacial score (nSPS) is 12.5. The van der Waals surface area contributed by atoms with Crippen LogP contribution in [0.3, 0.4) is 0 Å². The highest BCUT2D eigenvalue weighted by atomic mass is 79.9. The standard InChI is InChI=1S/C14H9Br2Cl2F/c1-7-2-3-10(15)8(4-7)14(18)9-5-12(17)11(16)6-13(9)19/h2-6,14H,1H3. The molecule has 2 aromatic carbocycles. The summed E-state index contributed by atoms with van der Waals surface area (Å²) in [7, 11) is 0. The molecule has 0 saturated heterocycles. The van der Waals surface area contributed by atoms with Gasteiger partial charge in [-0.25, -0.2) is 4.39 Å². The van der Waals surface area contributed by atoms with Gasteiger partial charge in [-0.2, -0.15) is 0 Å². The van der Waals surface area contributed by atoms with Crippen molar-refractivity contribution >= 4 is 55.1 Å².